The van der Waals surface area contributed by atoms with E-state index in [9.17, 15) is 23.3 Å². The van der Waals surface area contributed by atoms with Crippen molar-refractivity contribution in [2.45, 2.75) is 24.7 Å². The number of rotatable bonds is 6. The van der Waals surface area contributed by atoms with Crippen molar-refractivity contribution in [1.29, 1.82) is 0 Å². The van der Waals surface area contributed by atoms with E-state index in [0.717, 1.165) is 12.8 Å². The Balaban J connectivity index is 1.85. The Morgan fingerprint density at radius 2 is 1.90 bits per heavy atom. The number of non-ortho nitro benzene ring substituents is 1. The van der Waals surface area contributed by atoms with E-state index < -0.39 is 20.9 Å². The monoisotopic (exact) mass is 433 g/mol. The van der Waals surface area contributed by atoms with Gasteiger partial charge in [0.1, 0.15) is 5.75 Å². The number of piperidine rings is 1. The summed E-state index contributed by atoms with van der Waals surface area (Å²) in [5.74, 6) is 0.136. The molecule has 1 fully saturated rings. The average molecular weight is 433 g/mol. The summed E-state index contributed by atoms with van der Waals surface area (Å²) in [5.41, 5.74) is 0.0340. The highest BCUT2D eigenvalue weighted by Crippen LogP contribution is 2.30. The van der Waals surface area contributed by atoms with Gasteiger partial charge in [0.25, 0.3) is 11.6 Å². The maximum absolute atomic E-state index is 12.9. The lowest BCUT2D eigenvalue weighted by Crippen LogP contribution is -2.37. The van der Waals surface area contributed by atoms with Crippen LogP contribution >= 0.6 is 0 Å². The zero-order valence-corrected chi connectivity index (χ0v) is 17.5. The predicted octanol–water partition coefficient (Wildman–Crippen LogP) is 3.28. The molecule has 0 unspecified atom stereocenters. The van der Waals surface area contributed by atoms with Crippen molar-refractivity contribution in [3.63, 3.8) is 0 Å². The molecule has 0 aliphatic carbocycles. The number of nitro groups is 1. The molecule has 1 aliphatic rings. The van der Waals surface area contributed by atoms with E-state index in [2.05, 4.69) is 12.2 Å². The minimum atomic E-state index is -3.71. The Morgan fingerprint density at radius 3 is 2.53 bits per heavy atom. The van der Waals surface area contributed by atoms with Crippen molar-refractivity contribution in [2.75, 3.05) is 25.5 Å². The van der Waals surface area contributed by atoms with Gasteiger partial charge in [0.05, 0.1) is 22.6 Å². The molecule has 2 aromatic carbocycles. The Bertz CT molecular complexity index is 1060. The number of methoxy groups -OCH3 is 1. The smallest absolute Gasteiger partial charge is 0.271 e. The van der Waals surface area contributed by atoms with Gasteiger partial charge in [0.2, 0.25) is 10.0 Å². The minimum Gasteiger partial charge on any atom is -0.495 e. The second-order valence-electron chi connectivity index (χ2n) is 7.21. The SMILES string of the molecule is COc1ccc([N+](=O)[O-])cc1NC(=O)c1cccc(S(=O)(=O)N2CCC(C)CC2)c1. The van der Waals surface area contributed by atoms with Gasteiger partial charge in [-0.25, -0.2) is 8.42 Å². The van der Waals surface area contributed by atoms with Gasteiger partial charge in [0, 0.05) is 30.8 Å². The number of nitrogens with one attached hydrogen (secondary N) is 1. The molecule has 160 valence electrons. The first-order chi connectivity index (χ1) is 14.2. The number of nitro benzene ring substituents is 1. The third kappa shape index (κ3) is 4.60. The second kappa shape index (κ2) is 8.80. The van der Waals surface area contributed by atoms with Crippen LogP contribution in [0.1, 0.15) is 30.1 Å². The first kappa shape index (κ1) is 21.7. The Hall–Kier alpha value is -2.98. The molecular weight excluding hydrogens is 410 g/mol. The lowest BCUT2D eigenvalue weighted by molar-refractivity contribution is -0.384. The summed E-state index contributed by atoms with van der Waals surface area (Å²) in [6.45, 7) is 2.99. The van der Waals surface area contributed by atoms with Crippen molar-refractivity contribution in [3.05, 3.63) is 58.1 Å². The Labute approximate surface area is 174 Å². The zero-order chi connectivity index (χ0) is 21.9. The maximum Gasteiger partial charge on any atom is 0.271 e. The van der Waals surface area contributed by atoms with Gasteiger partial charge in [-0.05, 0) is 43.0 Å². The summed E-state index contributed by atoms with van der Waals surface area (Å²) in [7, 11) is -2.33. The van der Waals surface area contributed by atoms with Crippen LogP contribution < -0.4 is 10.1 Å². The largest absolute Gasteiger partial charge is 0.495 e. The molecule has 1 saturated heterocycles. The first-order valence-electron chi connectivity index (χ1n) is 9.46. The summed E-state index contributed by atoms with van der Waals surface area (Å²) < 4.78 is 32.5. The molecule has 0 radical (unpaired) electrons. The lowest BCUT2D eigenvalue weighted by Gasteiger charge is -2.29. The molecule has 0 spiro atoms. The molecule has 0 aromatic heterocycles. The fourth-order valence-electron chi connectivity index (χ4n) is 3.27. The maximum atomic E-state index is 12.9. The van der Waals surface area contributed by atoms with Crippen LogP contribution in [0.4, 0.5) is 11.4 Å². The summed E-state index contributed by atoms with van der Waals surface area (Å²) in [4.78, 5) is 23.2. The van der Waals surface area contributed by atoms with Gasteiger partial charge in [-0.3, -0.25) is 14.9 Å². The van der Waals surface area contributed by atoms with Crippen LogP contribution in [0.5, 0.6) is 5.75 Å². The molecule has 9 nitrogen and oxygen atoms in total. The van der Waals surface area contributed by atoms with Gasteiger partial charge in [-0.2, -0.15) is 4.31 Å². The van der Waals surface area contributed by atoms with Crippen LogP contribution in [0.15, 0.2) is 47.4 Å². The summed E-state index contributed by atoms with van der Waals surface area (Å²) >= 11 is 0. The van der Waals surface area contributed by atoms with Crippen LogP contribution in [0.25, 0.3) is 0 Å². The number of anilines is 1. The van der Waals surface area contributed by atoms with Crippen LogP contribution in [-0.2, 0) is 10.0 Å². The van der Waals surface area contributed by atoms with Gasteiger partial charge in [0.15, 0.2) is 0 Å². The fraction of sp³-hybridized carbons (Fsp3) is 0.350. The third-order valence-corrected chi connectivity index (χ3v) is 7.01. The van der Waals surface area contributed by atoms with E-state index in [1.807, 2.05) is 0 Å². The van der Waals surface area contributed by atoms with Gasteiger partial charge in [-0.15, -0.1) is 0 Å². The highest BCUT2D eigenvalue weighted by Gasteiger charge is 2.28. The molecule has 1 heterocycles. The Morgan fingerprint density at radius 1 is 1.20 bits per heavy atom. The van der Waals surface area contributed by atoms with Crippen molar-refractivity contribution in [2.24, 2.45) is 5.92 Å². The predicted molar refractivity (Wildman–Crippen MR) is 111 cm³/mol. The molecule has 0 atom stereocenters. The minimum absolute atomic E-state index is 0.0377. The van der Waals surface area contributed by atoms with E-state index in [1.54, 1.807) is 0 Å². The number of carbonyl (C=O) groups excluding carboxylic acids is 1. The zero-order valence-electron chi connectivity index (χ0n) is 16.7. The summed E-state index contributed by atoms with van der Waals surface area (Å²) in [6, 6.07) is 9.58. The molecule has 1 N–H and O–H groups in total. The normalized spacial score (nSPS) is 15.5. The highest BCUT2D eigenvalue weighted by atomic mass is 32.2. The van der Waals surface area contributed by atoms with Crippen molar-refractivity contribution in [1.82, 2.24) is 4.31 Å². The number of hydrogen-bond acceptors (Lipinski definition) is 6. The van der Waals surface area contributed by atoms with Crippen LogP contribution in [0, 0.1) is 16.0 Å². The number of ether oxygens (including phenoxy) is 1. The topological polar surface area (TPSA) is 119 Å². The number of benzene rings is 2. The van der Waals surface area contributed by atoms with Crippen molar-refractivity contribution in [3.8, 4) is 5.75 Å². The highest BCUT2D eigenvalue weighted by molar-refractivity contribution is 7.89. The summed E-state index contributed by atoms with van der Waals surface area (Å²) in [6.07, 6.45) is 1.60. The number of carbonyl (C=O) groups is 1. The molecule has 0 bridgehead atoms. The molecule has 2 aromatic rings. The molecule has 30 heavy (non-hydrogen) atoms. The van der Waals surface area contributed by atoms with Gasteiger partial charge >= 0.3 is 0 Å². The third-order valence-electron chi connectivity index (χ3n) is 5.12. The average Bonchev–Trinajstić information content (AvgIpc) is 2.74. The fourth-order valence-corrected chi connectivity index (χ4v) is 4.79. The molecule has 0 saturated carbocycles. The lowest BCUT2D eigenvalue weighted by atomic mass is 10.0. The first-order valence-corrected chi connectivity index (χ1v) is 10.9. The van der Waals surface area contributed by atoms with Gasteiger partial charge < -0.3 is 10.1 Å². The van der Waals surface area contributed by atoms with Crippen LogP contribution in [0.3, 0.4) is 0 Å². The molecule has 3 rings (SSSR count). The number of sulfonamides is 1. The van der Waals surface area contributed by atoms with E-state index in [1.165, 1.54) is 53.9 Å². The van der Waals surface area contributed by atoms with Crippen LogP contribution in [-0.4, -0.2) is 43.8 Å². The number of nitrogens with zero attached hydrogens (tertiary/aromatic N) is 2. The molecular formula is C20H23N3O6S. The molecule has 10 heteroatoms. The molecule has 1 aliphatic heterocycles. The quantitative estimate of drug-likeness (QED) is 0.552. The van der Waals surface area contributed by atoms with Gasteiger partial charge in [-0.1, -0.05) is 13.0 Å². The van der Waals surface area contributed by atoms with E-state index in [4.69, 9.17) is 4.74 Å². The Kier molecular flexibility index (Phi) is 6.37. The number of amides is 1. The van der Waals surface area contributed by atoms with Crippen molar-refractivity contribution < 1.29 is 22.9 Å². The van der Waals surface area contributed by atoms with Crippen LogP contribution in [0.2, 0.25) is 0 Å². The number of hydrogen-bond donors (Lipinski definition) is 1. The second-order valence-corrected chi connectivity index (χ2v) is 9.15. The molecule has 1 amide bonds. The van der Waals surface area contributed by atoms with E-state index in [0.29, 0.717) is 19.0 Å². The van der Waals surface area contributed by atoms with E-state index in [-0.39, 0.29) is 27.6 Å². The summed E-state index contributed by atoms with van der Waals surface area (Å²) in [5, 5.41) is 13.6. The standard InChI is InChI=1S/C20H23N3O6S/c1-14-8-10-22(11-9-14)30(27,28)17-5-3-4-15(12-17)20(24)21-18-13-16(23(25)26)6-7-19(18)29-2/h3-7,12-14H,8-11H2,1-2H3,(H,21,24). The van der Waals surface area contributed by atoms with E-state index >= 15 is 0 Å². The van der Waals surface area contributed by atoms with Crippen molar-refractivity contribution >= 4 is 27.3 Å².